The lowest BCUT2D eigenvalue weighted by Crippen LogP contribution is -2.51. The van der Waals surface area contributed by atoms with E-state index >= 15 is 0 Å². The Morgan fingerprint density at radius 1 is 0.960 bits per heavy atom. The number of esters is 2. The summed E-state index contributed by atoms with van der Waals surface area (Å²) >= 11 is 12.3. The average molecular weight is 732 g/mol. The number of rotatable bonds is 10. The van der Waals surface area contributed by atoms with Crippen LogP contribution in [-0.4, -0.2) is 55.7 Å². The molecule has 0 aliphatic carbocycles. The first kappa shape index (κ1) is 40.9. The molecule has 0 fully saturated rings. The Labute approximate surface area is 306 Å². The van der Waals surface area contributed by atoms with Crippen molar-refractivity contribution in [1.82, 2.24) is 10.6 Å². The van der Waals surface area contributed by atoms with Gasteiger partial charge in [0.2, 0.25) is 11.8 Å². The maximum Gasteiger partial charge on any atom is 0.347 e. The highest BCUT2D eigenvalue weighted by molar-refractivity contribution is 6.32. The van der Waals surface area contributed by atoms with Crippen LogP contribution < -0.4 is 15.4 Å². The van der Waals surface area contributed by atoms with Gasteiger partial charge in [-0.3, -0.25) is 14.4 Å². The van der Waals surface area contributed by atoms with Gasteiger partial charge in [0, 0.05) is 25.3 Å². The van der Waals surface area contributed by atoms with E-state index in [9.17, 15) is 19.2 Å². The van der Waals surface area contributed by atoms with Crippen LogP contribution in [0.15, 0.2) is 54.6 Å². The summed E-state index contributed by atoms with van der Waals surface area (Å²) in [7, 11) is 1.51. The molecule has 9 nitrogen and oxygen atoms in total. The number of hydrogen-bond donors (Lipinski definition) is 2. The van der Waals surface area contributed by atoms with Crippen molar-refractivity contribution in [2.45, 2.75) is 97.8 Å². The molecule has 6 atom stereocenters. The first-order valence-corrected chi connectivity index (χ1v) is 18.1. The van der Waals surface area contributed by atoms with Gasteiger partial charge >= 0.3 is 11.9 Å². The van der Waals surface area contributed by atoms with Gasteiger partial charge in [-0.25, -0.2) is 4.79 Å². The highest BCUT2D eigenvalue weighted by Crippen LogP contribution is 2.34. The molecule has 0 saturated carbocycles. The molecule has 2 aromatic rings. The third-order valence-electron chi connectivity index (χ3n) is 9.51. The lowest BCUT2D eigenvalue weighted by atomic mass is 9.77. The van der Waals surface area contributed by atoms with Crippen LogP contribution in [0.2, 0.25) is 5.02 Å². The molecule has 50 heavy (non-hydrogen) atoms. The van der Waals surface area contributed by atoms with Crippen molar-refractivity contribution < 1.29 is 33.4 Å². The largest absolute Gasteiger partial charge is 0.495 e. The molecule has 0 spiro atoms. The number of carbonyl (C=O) groups excluding carboxylic acids is 4. The molecule has 0 aromatic heterocycles. The van der Waals surface area contributed by atoms with E-state index in [0.717, 1.165) is 11.1 Å². The average Bonchev–Trinajstić information content (AvgIpc) is 3.08. The van der Waals surface area contributed by atoms with E-state index in [1.807, 2.05) is 32.9 Å². The summed E-state index contributed by atoms with van der Waals surface area (Å²) in [4.78, 5) is 54.0. The SMILES string of the molecule is COc1ccc(C[C@H]2NC(=O)/C=C/C[C@@H]([C@H](C)C(C)C(C)c3ccc(CCl)cc3)OC(=O)[C@H](CC(C)C)OC(=O)C(C)(C)CNC2=O)cc1Cl. The molecule has 1 aliphatic rings. The van der Waals surface area contributed by atoms with E-state index in [0.29, 0.717) is 22.2 Å². The molecule has 0 saturated heterocycles. The number of ether oxygens (including phenoxy) is 3. The summed E-state index contributed by atoms with van der Waals surface area (Å²) < 4.78 is 17.2. The van der Waals surface area contributed by atoms with Crippen molar-refractivity contribution in [1.29, 1.82) is 0 Å². The van der Waals surface area contributed by atoms with Crippen molar-refractivity contribution in [3.05, 3.63) is 76.3 Å². The summed E-state index contributed by atoms with van der Waals surface area (Å²) in [5, 5.41) is 5.95. The second-order valence-electron chi connectivity index (χ2n) is 14.4. The minimum absolute atomic E-state index is 0.0235. The van der Waals surface area contributed by atoms with Gasteiger partial charge in [0.1, 0.15) is 17.9 Å². The van der Waals surface area contributed by atoms with Crippen molar-refractivity contribution in [2.24, 2.45) is 23.2 Å². The van der Waals surface area contributed by atoms with Crippen LogP contribution in [0.4, 0.5) is 0 Å². The van der Waals surface area contributed by atoms with Crippen LogP contribution in [0.1, 0.15) is 83.9 Å². The molecule has 1 aliphatic heterocycles. The summed E-state index contributed by atoms with van der Waals surface area (Å²) in [5.74, 6) is -1.33. The Hall–Kier alpha value is -3.56. The molecule has 2 aromatic carbocycles. The summed E-state index contributed by atoms with van der Waals surface area (Å²) in [6, 6.07) is 12.3. The number of halogens is 2. The maximum atomic E-state index is 13.7. The fourth-order valence-corrected chi connectivity index (χ4v) is 6.29. The minimum Gasteiger partial charge on any atom is -0.495 e. The molecular weight excluding hydrogens is 679 g/mol. The van der Waals surface area contributed by atoms with Crippen LogP contribution in [-0.2, 0) is 41.0 Å². The van der Waals surface area contributed by atoms with E-state index in [1.54, 1.807) is 38.1 Å². The zero-order valence-corrected chi connectivity index (χ0v) is 31.9. The summed E-state index contributed by atoms with van der Waals surface area (Å²) in [6.07, 6.45) is 1.84. The Kier molecular flexibility index (Phi) is 15.2. The van der Waals surface area contributed by atoms with Gasteiger partial charge in [-0.05, 0) is 78.8 Å². The van der Waals surface area contributed by atoms with E-state index in [1.165, 1.54) is 13.2 Å². The quantitative estimate of drug-likeness (QED) is 0.197. The second-order valence-corrected chi connectivity index (χ2v) is 15.0. The first-order valence-electron chi connectivity index (χ1n) is 17.2. The second kappa shape index (κ2) is 18.6. The van der Waals surface area contributed by atoms with Crippen LogP contribution in [0.5, 0.6) is 5.75 Å². The molecule has 11 heteroatoms. The van der Waals surface area contributed by atoms with Crippen molar-refractivity contribution in [3.63, 3.8) is 0 Å². The van der Waals surface area contributed by atoms with Crippen molar-refractivity contribution in [2.75, 3.05) is 13.7 Å². The molecule has 0 bridgehead atoms. The molecule has 274 valence electrons. The molecule has 0 radical (unpaired) electrons. The molecular formula is C39H52Cl2N2O7. The van der Waals surface area contributed by atoms with E-state index in [2.05, 4.69) is 36.6 Å². The fraction of sp³-hybridized carbons (Fsp3) is 0.538. The van der Waals surface area contributed by atoms with Crippen molar-refractivity contribution >= 4 is 47.0 Å². The van der Waals surface area contributed by atoms with Gasteiger partial charge in [-0.15, -0.1) is 11.6 Å². The molecule has 2 unspecified atom stereocenters. The lowest BCUT2D eigenvalue weighted by molar-refractivity contribution is -0.179. The number of methoxy groups -OCH3 is 1. The Bertz CT molecular complexity index is 1510. The van der Waals surface area contributed by atoms with Gasteiger partial charge in [-0.1, -0.05) is 82.6 Å². The minimum atomic E-state index is -1.20. The van der Waals surface area contributed by atoms with E-state index in [4.69, 9.17) is 37.4 Å². The smallest absolute Gasteiger partial charge is 0.347 e. The first-order chi connectivity index (χ1) is 23.6. The fourth-order valence-electron chi connectivity index (χ4n) is 5.83. The number of amides is 2. The zero-order valence-electron chi connectivity index (χ0n) is 30.4. The number of cyclic esters (lactones) is 2. The van der Waals surface area contributed by atoms with Gasteiger partial charge in [-0.2, -0.15) is 0 Å². The summed E-state index contributed by atoms with van der Waals surface area (Å²) in [6.45, 7) is 13.3. The number of benzene rings is 2. The van der Waals surface area contributed by atoms with E-state index in [-0.39, 0.29) is 49.5 Å². The zero-order chi connectivity index (χ0) is 37.2. The van der Waals surface area contributed by atoms with Crippen LogP contribution in [0, 0.1) is 23.2 Å². The van der Waals surface area contributed by atoms with E-state index < -0.39 is 47.4 Å². The van der Waals surface area contributed by atoms with Gasteiger partial charge < -0.3 is 24.8 Å². The highest BCUT2D eigenvalue weighted by atomic mass is 35.5. The van der Waals surface area contributed by atoms with Crippen LogP contribution in [0.25, 0.3) is 0 Å². The van der Waals surface area contributed by atoms with Crippen LogP contribution >= 0.6 is 23.2 Å². The number of carbonyl (C=O) groups is 4. The Morgan fingerprint density at radius 2 is 1.62 bits per heavy atom. The summed E-state index contributed by atoms with van der Waals surface area (Å²) in [5.41, 5.74) is 1.66. The maximum absolute atomic E-state index is 13.7. The molecule has 2 amide bonds. The van der Waals surface area contributed by atoms with Gasteiger partial charge in [0.15, 0.2) is 6.10 Å². The molecule has 1 heterocycles. The Morgan fingerprint density at radius 3 is 2.22 bits per heavy atom. The number of hydrogen-bond acceptors (Lipinski definition) is 7. The predicted molar refractivity (Wildman–Crippen MR) is 196 cm³/mol. The third kappa shape index (κ3) is 11.5. The highest BCUT2D eigenvalue weighted by Gasteiger charge is 2.38. The number of alkyl halides is 1. The normalized spacial score (nSPS) is 23.1. The standard InChI is InChI=1S/C39H52Cl2N2O7/c1-23(2)18-34-37(46)49-32(26(5)24(3)25(4)29-15-12-27(21-40)13-16-29)10-9-11-35(44)43-31(20-28-14-17-33(48-8)30(41)19-28)36(45)42-22-39(6,7)38(47)50-34/h9,11-17,19,23-26,31-32,34H,10,18,20-22H2,1-8H3,(H,42,45)(H,43,44)/b11-9+/t24?,25?,26-,31-,32+,34+/m1/s1. The van der Waals surface area contributed by atoms with Crippen molar-refractivity contribution in [3.8, 4) is 5.75 Å². The van der Waals surface area contributed by atoms with Crippen LogP contribution in [0.3, 0.4) is 0 Å². The number of nitrogens with one attached hydrogen (secondary N) is 2. The molecule has 2 N–H and O–H groups in total. The van der Waals surface area contributed by atoms with Gasteiger partial charge in [0.25, 0.3) is 0 Å². The molecule has 3 rings (SSSR count). The Balaban J connectivity index is 1.96. The topological polar surface area (TPSA) is 120 Å². The third-order valence-corrected chi connectivity index (χ3v) is 10.1. The predicted octanol–water partition coefficient (Wildman–Crippen LogP) is 7.16. The van der Waals surface area contributed by atoms with Gasteiger partial charge in [0.05, 0.1) is 17.5 Å². The monoisotopic (exact) mass is 730 g/mol. The lowest BCUT2D eigenvalue weighted by Gasteiger charge is -2.33.